The van der Waals surface area contributed by atoms with Crippen LogP contribution in [0.3, 0.4) is 0 Å². The van der Waals surface area contributed by atoms with E-state index in [1.54, 1.807) is 0 Å². The highest BCUT2D eigenvalue weighted by Gasteiger charge is 2.21. The summed E-state index contributed by atoms with van der Waals surface area (Å²) in [6, 6.07) is 67.6. The van der Waals surface area contributed by atoms with Gasteiger partial charge in [0, 0.05) is 43.8 Å². The molecule has 0 saturated heterocycles. The van der Waals surface area contributed by atoms with Gasteiger partial charge in [-0.1, -0.05) is 158 Å². The largest absolute Gasteiger partial charge is 0.456 e. The van der Waals surface area contributed by atoms with Gasteiger partial charge < -0.3 is 8.98 Å². The van der Waals surface area contributed by atoms with Crippen LogP contribution in [0, 0.1) is 0 Å². The van der Waals surface area contributed by atoms with Crippen LogP contribution in [-0.2, 0) is 0 Å². The summed E-state index contributed by atoms with van der Waals surface area (Å²) < 4.78 is 8.62. The highest BCUT2D eigenvalue weighted by Crippen LogP contribution is 2.43. The lowest BCUT2D eigenvalue weighted by atomic mass is 9.98. The summed E-state index contributed by atoms with van der Waals surface area (Å²) in [5.41, 5.74) is 12.4. The second-order valence-electron chi connectivity index (χ2n) is 14.0. The SMILES string of the molecule is c1ccc(-c2nc(-c3ccccc3)nc(-c3ccc(-c4ccccc4)c(-n4c5ccccc5c5c(-c6ccc7oc8ccccc8c7c6)cccc54)c3)n2)cc1. The molecule has 0 spiro atoms. The van der Waals surface area contributed by atoms with Crippen molar-refractivity contribution in [2.75, 3.05) is 0 Å². The summed E-state index contributed by atoms with van der Waals surface area (Å²) in [6.07, 6.45) is 0. The first kappa shape index (κ1) is 31.9. The fourth-order valence-electron chi connectivity index (χ4n) is 8.07. The second-order valence-corrected chi connectivity index (χ2v) is 14.0. The summed E-state index contributed by atoms with van der Waals surface area (Å²) in [4.78, 5) is 15.2. The van der Waals surface area contributed by atoms with Gasteiger partial charge in [0.05, 0.1) is 16.7 Å². The van der Waals surface area contributed by atoms with Crippen molar-refractivity contribution in [1.29, 1.82) is 0 Å². The number of furan rings is 1. The second kappa shape index (κ2) is 13.0. The van der Waals surface area contributed by atoms with Gasteiger partial charge in [-0.3, -0.25) is 0 Å². The molecule has 56 heavy (non-hydrogen) atoms. The summed E-state index contributed by atoms with van der Waals surface area (Å²) in [7, 11) is 0. The molecule has 0 aliphatic carbocycles. The molecule has 0 aliphatic heterocycles. The first-order valence-corrected chi connectivity index (χ1v) is 18.8. The molecule has 0 aliphatic rings. The molecule has 5 nitrogen and oxygen atoms in total. The number of fused-ring (bicyclic) bond motifs is 6. The van der Waals surface area contributed by atoms with E-state index < -0.39 is 0 Å². The Kier molecular flexibility index (Phi) is 7.42. The minimum absolute atomic E-state index is 0.612. The molecule has 0 saturated carbocycles. The van der Waals surface area contributed by atoms with E-state index >= 15 is 0 Å². The van der Waals surface area contributed by atoms with Crippen molar-refractivity contribution in [3.8, 4) is 62.1 Å². The first-order valence-electron chi connectivity index (χ1n) is 18.8. The highest BCUT2D eigenvalue weighted by atomic mass is 16.3. The zero-order valence-corrected chi connectivity index (χ0v) is 30.2. The van der Waals surface area contributed by atoms with Gasteiger partial charge in [0.25, 0.3) is 0 Å². The van der Waals surface area contributed by atoms with Gasteiger partial charge in [-0.25, -0.2) is 15.0 Å². The normalized spacial score (nSPS) is 11.6. The number of aromatic nitrogens is 4. The highest BCUT2D eigenvalue weighted by molar-refractivity contribution is 6.17. The van der Waals surface area contributed by atoms with Crippen molar-refractivity contribution < 1.29 is 4.42 Å². The minimum atomic E-state index is 0.612. The van der Waals surface area contributed by atoms with Crippen molar-refractivity contribution in [3.63, 3.8) is 0 Å². The topological polar surface area (TPSA) is 56.7 Å². The van der Waals surface area contributed by atoms with Crippen LogP contribution >= 0.6 is 0 Å². The molecule has 11 rings (SSSR count). The molecule has 0 fully saturated rings. The monoisotopic (exact) mass is 716 g/mol. The molecular formula is C51H32N4O. The number of para-hydroxylation sites is 2. The van der Waals surface area contributed by atoms with Crippen molar-refractivity contribution in [2.45, 2.75) is 0 Å². The lowest BCUT2D eigenvalue weighted by molar-refractivity contribution is 0.669. The zero-order chi connectivity index (χ0) is 37.0. The molecule has 0 amide bonds. The van der Waals surface area contributed by atoms with Crippen LogP contribution in [0.4, 0.5) is 0 Å². The molecule has 0 radical (unpaired) electrons. The van der Waals surface area contributed by atoms with Crippen molar-refractivity contribution in [2.24, 2.45) is 0 Å². The average Bonchev–Trinajstić information content (AvgIpc) is 3.82. The van der Waals surface area contributed by atoms with Crippen LogP contribution in [0.5, 0.6) is 0 Å². The van der Waals surface area contributed by atoms with Gasteiger partial charge in [0.1, 0.15) is 11.2 Å². The molecule has 11 aromatic rings. The molecule has 0 bridgehead atoms. The zero-order valence-electron chi connectivity index (χ0n) is 30.2. The Balaban J connectivity index is 1.17. The van der Waals surface area contributed by atoms with E-state index in [4.69, 9.17) is 19.4 Å². The van der Waals surface area contributed by atoms with Gasteiger partial charge in [-0.05, 0) is 53.1 Å². The van der Waals surface area contributed by atoms with Crippen molar-refractivity contribution >= 4 is 43.7 Å². The van der Waals surface area contributed by atoms with Crippen LogP contribution < -0.4 is 0 Å². The van der Waals surface area contributed by atoms with E-state index in [0.29, 0.717) is 17.5 Å². The third kappa shape index (κ3) is 5.29. The minimum Gasteiger partial charge on any atom is -0.456 e. The lowest BCUT2D eigenvalue weighted by Crippen LogP contribution is -2.02. The summed E-state index contributed by atoms with van der Waals surface area (Å²) in [5, 5.41) is 4.60. The van der Waals surface area contributed by atoms with E-state index in [0.717, 1.165) is 72.0 Å². The fraction of sp³-hybridized carbons (Fsp3) is 0. The molecule has 262 valence electrons. The molecule has 0 unspecified atom stereocenters. The maximum absolute atomic E-state index is 6.21. The molecule has 0 atom stereocenters. The number of rotatable bonds is 6. The molecular weight excluding hydrogens is 685 g/mol. The third-order valence-electron chi connectivity index (χ3n) is 10.7. The Labute approximate surface area is 322 Å². The molecule has 0 N–H and O–H groups in total. The van der Waals surface area contributed by atoms with E-state index in [1.165, 1.54) is 16.3 Å². The number of hydrogen-bond donors (Lipinski definition) is 0. The maximum Gasteiger partial charge on any atom is 0.164 e. The first-order chi connectivity index (χ1) is 27.8. The Bertz CT molecular complexity index is 3180. The Morgan fingerprint density at radius 1 is 0.339 bits per heavy atom. The lowest BCUT2D eigenvalue weighted by Gasteiger charge is -2.16. The predicted molar refractivity (Wildman–Crippen MR) is 229 cm³/mol. The molecule has 5 heteroatoms. The summed E-state index contributed by atoms with van der Waals surface area (Å²) in [6.45, 7) is 0. The van der Waals surface area contributed by atoms with Crippen LogP contribution in [0.2, 0.25) is 0 Å². The van der Waals surface area contributed by atoms with E-state index in [2.05, 4.69) is 126 Å². The van der Waals surface area contributed by atoms with Crippen LogP contribution in [0.1, 0.15) is 0 Å². The third-order valence-corrected chi connectivity index (χ3v) is 10.7. The van der Waals surface area contributed by atoms with Gasteiger partial charge in [-0.15, -0.1) is 0 Å². The predicted octanol–water partition coefficient (Wildman–Crippen LogP) is 13.2. The molecule has 3 aromatic heterocycles. The van der Waals surface area contributed by atoms with Crippen molar-refractivity contribution in [1.82, 2.24) is 19.5 Å². The van der Waals surface area contributed by atoms with E-state index in [-0.39, 0.29) is 0 Å². The smallest absolute Gasteiger partial charge is 0.164 e. The van der Waals surface area contributed by atoms with Gasteiger partial charge in [0.15, 0.2) is 17.5 Å². The summed E-state index contributed by atoms with van der Waals surface area (Å²) in [5.74, 6) is 1.87. The Hall–Kier alpha value is -7.63. The van der Waals surface area contributed by atoms with Gasteiger partial charge in [-0.2, -0.15) is 0 Å². The number of nitrogens with zero attached hydrogens (tertiary/aromatic N) is 4. The summed E-state index contributed by atoms with van der Waals surface area (Å²) >= 11 is 0. The molecule has 3 heterocycles. The number of benzene rings is 8. The van der Waals surface area contributed by atoms with Crippen LogP contribution in [0.25, 0.3) is 106 Å². The standard InChI is InChI=1S/C51H32N4O/c1-4-15-33(16-5-1)38-29-27-37(51-53-49(34-17-6-2-7-18-34)52-50(54-51)35-19-8-3-9-20-35)32-45(38)55-43-24-12-10-22-41(43)48-39(23-14-25-44(48)55)36-28-30-47-42(31-36)40-21-11-13-26-46(40)56-47/h1-32H. The fourth-order valence-corrected chi connectivity index (χ4v) is 8.07. The van der Waals surface area contributed by atoms with Crippen molar-refractivity contribution in [3.05, 3.63) is 194 Å². The van der Waals surface area contributed by atoms with E-state index in [9.17, 15) is 0 Å². The maximum atomic E-state index is 6.21. The average molecular weight is 717 g/mol. The Morgan fingerprint density at radius 2 is 0.893 bits per heavy atom. The Morgan fingerprint density at radius 3 is 1.61 bits per heavy atom. The van der Waals surface area contributed by atoms with Crippen LogP contribution in [0.15, 0.2) is 199 Å². The molecule has 8 aromatic carbocycles. The van der Waals surface area contributed by atoms with Gasteiger partial charge >= 0.3 is 0 Å². The van der Waals surface area contributed by atoms with E-state index in [1.807, 2.05) is 72.8 Å². The quantitative estimate of drug-likeness (QED) is 0.172. The number of hydrogen-bond acceptors (Lipinski definition) is 4. The van der Waals surface area contributed by atoms with Crippen LogP contribution in [-0.4, -0.2) is 19.5 Å². The van der Waals surface area contributed by atoms with Gasteiger partial charge in [0.2, 0.25) is 0 Å².